The van der Waals surface area contributed by atoms with Gasteiger partial charge in [-0.25, -0.2) is 0 Å². The minimum absolute atomic E-state index is 1.11. The first-order chi connectivity index (χ1) is 74.5. The van der Waals surface area contributed by atoms with E-state index in [1.165, 1.54) is 578 Å². The van der Waals surface area contributed by atoms with Crippen molar-refractivity contribution in [1.29, 1.82) is 0 Å². The Hall–Kier alpha value is -5.46. The quantitative estimate of drug-likeness (QED) is 0.0333. The van der Waals surface area contributed by atoms with Crippen LogP contribution in [0.3, 0.4) is 0 Å². The molecule has 150 heavy (non-hydrogen) atoms. The lowest BCUT2D eigenvalue weighted by Crippen LogP contribution is -2.19. The second kappa shape index (κ2) is 95.7. The van der Waals surface area contributed by atoms with Crippen LogP contribution in [0.1, 0.15) is 681 Å². The van der Waals surface area contributed by atoms with Crippen LogP contribution < -0.4 is 0 Å². The first-order valence-electron chi connectivity index (χ1n) is 68.1. The third kappa shape index (κ3) is 64.4. The zero-order valence-corrected chi connectivity index (χ0v) is 101. The molecule has 0 nitrogen and oxygen atoms in total. The van der Waals surface area contributed by atoms with Crippen LogP contribution in [-0.2, 0) is 116 Å². The maximum atomic E-state index is 2.61. The van der Waals surface area contributed by atoms with E-state index in [-0.39, 0.29) is 0 Å². The molecule has 0 fully saturated rings. The van der Waals surface area contributed by atoms with Crippen molar-refractivity contribution in [2.45, 2.75) is 696 Å². The second-order valence-electron chi connectivity index (χ2n) is 48.6. The highest BCUT2D eigenvalue weighted by Crippen LogP contribution is 2.39. The standard InChI is InChI=1S/C150H246/c1-7-13-19-25-31-37-43-49-55-61-67-73-79-85-103-133-109-91-97-115-139(133)121-127-145-146(128-122-140-116-98-92-110-134(140)104-86-80-74-68-62-56-50-44-38-32-26-20-14-8-2)148(130-124-142-118-100-94-112-136(142)106-88-82-76-70-64-58-52-46-40-34-28-22-16-10-4)150(132-126-144-120-102-96-114-138(144)108-90-84-78-72-66-60-54-48-42-36-30-24-18-12-6)149(131-125-143-119-101-95-113-137(143)107-89-83-77-71-65-59-53-47-41-35-29-23-17-11-5)147(145)129-123-141-117-99-93-111-135(141)105-87-81-75-69-63-57-51-45-39-33-27-21-15-9-3/h91-102,109-120H,7-90,103-108,121-132H2,1-6H3. The van der Waals surface area contributed by atoms with E-state index in [0.717, 1.165) is 77.0 Å². The van der Waals surface area contributed by atoms with Gasteiger partial charge >= 0.3 is 0 Å². The first-order valence-corrected chi connectivity index (χ1v) is 68.1. The number of aryl methyl sites for hydroxylation is 12. The molecule has 7 rings (SSSR count). The summed E-state index contributed by atoms with van der Waals surface area (Å²) in [4.78, 5) is 0. The first kappa shape index (κ1) is 131. The topological polar surface area (TPSA) is 0 Å². The third-order valence-corrected chi connectivity index (χ3v) is 35.6. The van der Waals surface area contributed by atoms with Gasteiger partial charge in [-0.2, -0.15) is 0 Å². The Labute approximate surface area is 935 Å². The van der Waals surface area contributed by atoms with E-state index in [1.54, 1.807) is 100 Å². The average molecular weight is 2050 g/mol. The van der Waals surface area contributed by atoms with E-state index in [4.69, 9.17) is 0 Å². The van der Waals surface area contributed by atoms with Crippen LogP contribution in [0, 0.1) is 0 Å². The van der Waals surface area contributed by atoms with Gasteiger partial charge in [0.05, 0.1) is 0 Å². The van der Waals surface area contributed by atoms with Crippen molar-refractivity contribution in [3.05, 3.63) is 246 Å². The minimum atomic E-state index is 1.11. The summed E-state index contributed by atoms with van der Waals surface area (Å²) in [7, 11) is 0. The summed E-state index contributed by atoms with van der Waals surface area (Å²) in [6.45, 7) is 14.1. The van der Waals surface area contributed by atoms with E-state index >= 15 is 0 Å². The van der Waals surface area contributed by atoms with Crippen molar-refractivity contribution in [2.75, 3.05) is 0 Å². The Morgan fingerprint density at radius 2 is 0.153 bits per heavy atom. The summed E-state index contributed by atoms with van der Waals surface area (Å²) in [6.07, 6.45) is 139. The van der Waals surface area contributed by atoms with Crippen LogP contribution >= 0.6 is 0 Å². The molecule has 0 heteroatoms. The molecular formula is C150H246. The van der Waals surface area contributed by atoms with E-state index in [9.17, 15) is 0 Å². The van der Waals surface area contributed by atoms with Gasteiger partial charge in [0.2, 0.25) is 0 Å². The molecule has 0 aliphatic rings. The highest BCUT2D eigenvalue weighted by molar-refractivity contribution is 5.55. The van der Waals surface area contributed by atoms with Crippen LogP contribution in [0.2, 0.25) is 0 Å². The smallest absolute Gasteiger partial charge is 0.0232 e. The lowest BCUT2D eigenvalue weighted by atomic mass is 9.76. The van der Waals surface area contributed by atoms with Crippen molar-refractivity contribution in [3.63, 3.8) is 0 Å². The van der Waals surface area contributed by atoms with Crippen molar-refractivity contribution in [1.82, 2.24) is 0 Å². The third-order valence-electron chi connectivity index (χ3n) is 35.6. The molecule has 0 N–H and O–H groups in total. The zero-order chi connectivity index (χ0) is 105. The fourth-order valence-corrected chi connectivity index (χ4v) is 25.8. The summed E-state index contributed by atoms with van der Waals surface area (Å²) in [6, 6.07) is 60.1. The van der Waals surface area contributed by atoms with Crippen LogP contribution in [0.25, 0.3) is 0 Å². The predicted octanol–water partition coefficient (Wildman–Crippen LogP) is 48.5. The number of unbranched alkanes of at least 4 members (excludes halogenated alkanes) is 78. The summed E-state index contributed by atoms with van der Waals surface area (Å²) >= 11 is 0. The lowest BCUT2D eigenvalue weighted by Gasteiger charge is -2.29. The Balaban J connectivity index is 1.34. The van der Waals surface area contributed by atoms with Crippen molar-refractivity contribution >= 4 is 0 Å². The van der Waals surface area contributed by atoms with Gasteiger partial charge < -0.3 is 0 Å². The predicted molar refractivity (Wildman–Crippen MR) is 674 cm³/mol. The molecular weight excluding hydrogens is 1800 g/mol. The van der Waals surface area contributed by atoms with E-state index < -0.39 is 0 Å². The molecule has 0 heterocycles. The van der Waals surface area contributed by atoms with Crippen molar-refractivity contribution in [2.24, 2.45) is 0 Å². The molecule has 7 aromatic carbocycles. The van der Waals surface area contributed by atoms with E-state index in [1.807, 2.05) is 0 Å². The molecule has 0 aliphatic heterocycles. The molecule has 0 radical (unpaired) electrons. The average Bonchev–Trinajstić information content (AvgIpc) is 0.757. The summed E-state index contributed by atoms with van der Waals surface area (Å²) < 4.78 is 0. The maximum absolute atomic E-state index is 2.61. The van der Waals surface area contributed by atoms with Gasteiger partial charge in [0.1, 0.15) is 0 Å². The molecule has 0 spiro atoms. The van der Waals surface area contributed by atoms with Crippen LogP contribution in [0.4, 0.5) is 0 Å². The van der Waals surface area contributed by atoms with Gasteiger partial charge in [-0.3, -0.25) is 0 Å². The Bertz CT molecular complexity index is 3460. The van der Waals surface area contributed by atoms with E-state index in [2.05, 4.69) is 187 Å². The van der Waals surface area contributed by atoms with Crippen molar-refractivity contribution < 1.29 is 0 Å². The SMILES string of the molecule is CCCCCCCCCCCCCCCCc1ccccc1CCc1c(CCc2ccccc2CCCCCCCCCCCCCCCC)c(CCc2ccccc2CCCCCCCCCCCCCCCC)c(CCc2ccccc2CCCCCCCCCCCCCCCC)c(CCc2ccccc2CCCCCCCCCCCCCCCC)c1CCc1ccccc1CCCCCCCCCCCCCCCC. The molecule has 0 bridgehead atoms. The molecule has 0 saturated carbocycles. The monoisotopic (exact) mass is 2050 g/mol. The van der Waals surface area contributed by atoms with Gasteiger partial charge in [-0.05, 0) is 254 Å². The second-order valence-corrected chi connectivity index (χ2v) is 48.6. The Kier molecular flexibility index (Phi) is 83.9. The normalized spacial score (nSPS) is 11.7. The van der Waals surface area contributed by atoms with Gasteiger partial charge in [0.15, 0.2) is 0 Å². The van der Waals surface area contributed by atoms with Gasteiger partial charge in [-0.1, -0.05) is 688 Å². The van der Waals surface area contributed by atoms with Gasteiger partial charge in [-0.15, -0.1) is 0 Å². The van der Waals surface area contributed by atoms with Crippen LogP contribution in [0.5, 0.6) is 0 Å². The molecule has 0 unspecified atom stereocenters. The minimum Gasteiger partial charge on any atom is -0.0654 e. The fourth-order valence-electron chi connectivity index (χ4n) is 25.8. The molecule has 0 amide bonds. The highest BCUT2D eigenvalue weighted by atomic mass is 14.3. The van der Waals surface area contributed by atoms with Crippen LogP contribution in [0.15, 0.2) is 146 Å². The number of hydrogen-bond donors (Lipinski definition) is 0. The maximum Gasteiger partial charge on any atom is -0.0232 e. The molecule has 7 aromatic rings. The summed E-state index contributed by atoms with van der Waals surface area (Å²) in [5.74, 6) is 0. The number of rotatable bonds is 108. The number of benzene rings is 7. The lowest BCUT2D eigenvalue weighted by molar-refractivity contribution is 0.535. The summed E-state index contributed by atoms with van der Waals surface area (Å²) in [5.41, 5.74) is 30.2. The van der Waals surface area contributed by atoms with Crippen molar-refractivity contribution in [3.8, 4) is 0 Å². The van der Waals surface area contributed by atoms with Gasteiger partial charge in [0.25, 0.3) is 0 Å². The van der Waals surface area contributed by atoms with Crippen LogP contribution in [-0.4, -0.2) is 0 Å². The molecule has 0 saturated heterocycles. The molecule has 846 valence electrons. The zero-order valence-electron chi connectivity index (χ0n) is 101. The largest absolute Gasteiger partial charge is 0.0654 e. The molecule has 0 atom stereocenters. The summed E-state index contributed by atoms with van der Waals surface area (Å²) in [5, 5.41) is 0. The Morgan fingerprint density at radius 3 is 0.240 bits per heavy atom. The molecule has 0 aromatic heterocycles. The van der Waals surface area contributed by atoms with E-state index in [0.29, 0.717) is 0 Å². The highest BCUT2D eigenvalue weighted by Gasteiger charge is 2.27. The fraction of sp³-hybridized carbons (Fsp3) is 0.720. The molecule has 0 aliphatic carbocycles. The van der Waals surface area contributed by atoms with Gasteiger partial charge in [0, 0.05) is 0 Å². The number of hydrogen-bond acceptors (Lipinski definition) is 0. The Morgan fingerprint density at radius 1 is 0.0800 bits per heavy atom.